The molecular weight excluding hydrogens is 280 g/mol. The standard InChI is InChI=1S/C16H16N4O2/c1-11-7-13(3-5-15(11,17)19-9-21)14-4-6-16(18,20-10-22)12(2)8-14/h3-8H,17-18H2,1-2H3. The monoisotopic (exact) mass is 296 g/mol. The van der Waals surface area contributed by atoms with E-state index in [1.807, 2.05) is 12.2 Å². The summed E-state index contributed by atoms with van der Waals surface area (Å²) in [5, 5.41) is 0. The number of carbonyl (C=O) groups excluding carboxylic acids is 2. The quantitative estimate of drug-likeness (QED) is 0.591. The summed E-state index contributed by atoms with van der Waals surface area (Å²) < 4.78 is 0. The summed E-state index contributed by atoms with van der Waals surface area (Å²) in [6, 6.07) is 0. The molecule has 4 N–H and O–H groups in total. The van der Waals surface area contributed by atoms with Gasteiger partial charge in [-0.15, -0.1) is 0 Å². The van der Waals surface area contributed by atoms with E-state index in [0.717, 1.165) is 22.3 Å². The maximum Gasteiger partial charge on any atom is 0.237 e. The number of hydrogen-bond acceptors (Lipinski definition) is 6. The SMILES string of the molecule is CC1=CC(=C2C=CC(N)(N=C=O)C(C)=C2)C=CC1(N)N=C=O. The fraction of sp³-hybridized carbons (Fsp3) is 0.250. The van der Waals surface area contributed by atoms with Gasteiger partial charge in [0.1, 0.15) is 0 Å². The molecule has 0 aromatic carbocycles. The van der Waals surface area contributed by atoms with Crippen molar-refractivity contribution in [1.82, 2.24) is 0 Å². The highest BCUT2D eigenvalue weighted by molar-refractivity contribution is 5.58. The fourth-order valence-corrected chi connectivity index (χ4v) is 2.25. The number of hydrogen-bond donors (Lipinski definition) is 2. The van der Waals surface area contributed by atoms with Crippen LogP contribution in [0.15, 0.2) is 68.7 Å². The molecule has 0 bridgehead atoms. The summed E-state index contributed by atoms with van der Waals surface area (Å²) >= 11 is 0. The van der Waals surface area contributed by atoms with Gasteiger partial charge in [-0.05, 0) is 48.3 Å². The second kappa shape index (κ2) is 5.64. The lowest BCUT2D eigenvalue weighted by Crippen LogP contribution is -2.38. The molecule has 0 aromatic rings. The van der Waals surface area contributed by atoms with E-state index in [4.69, 9.17) is 11.5 Å². The maximum atomic E-state index is 10.5. The third kappa shape index (κ3) is 2.72. The van der Waals surface area contributed by atoms with Crippen LogP contribution in [0.25, 0.3) is 0 Å². The van der Waals surface area contributed by atoms with Gasteiger partial charge in [0.05, 0.1) is 0 Å². The number of isocyanates is 2. The van der Waals surface area contributed by atoms with Gasteiger partial charge < -0.3 is 0 Å². The van der Waals surface area contributed by atoms with Gasteiger partial charge in [0.25, 0.3) is 0 Å². The molecule has 0 heterocycles. The second-order valence-corrected chi connectivity index (χ2v) is 5.29. The summed E-state index contributed by atoms with van der Waals surface area (Å²) in [6.45, 7) is 3.58. The predicted octanol–water partition coefficient (Wildman–Crippen LogP) is 1.30. The number of allylic oxidation sites excluding steroid dienone is 6. The largest absolute Gasteiger partial charge is 0.300 e. The van der Waals surface area contributed by atoms with Crippen LogP contribution in [-0.4, -0.2) is 23.5 Å². The lowest BCUT2D eigenvalue weighted by atomic mass is 9.87. The average molecular weight is 296 g/mol. The van der Waals surface area contributed by atoms with Gasteiger partial charge in [0.15, 0.2) is 11.3 Å². The lowest BCUT2D eigenvalue weighted by Gasteiger charge is -2.27. The van der Waals surface area contributed by atoms with Crippen LogP contribution < -0.4 is 11.5 Å². The van der Waals surface area contributed by atoms with Crippen LogP contribution in [0.5, 0.6) is 0 Å². The van der Waals surface area contributed by atoms with Crippen LogP contribution in [0.2, 0.25) is 0 Å². The first-order chi connectivity index (χ1) is 10.3. The maximum absolute atomic E-state index is 10.5. The number of rotatable bonds is 2. The topological polar surface area (TPSA) is 111 Å². The van der Waals surface area contributed by atoms with Crippen LogP contribution in [0.1, 0.15) is 13.8 Å². The molecule has 6 nitrogen and oxygen atoms in total. The second-order valence-electron chi connectivity index (χ2n) is 5.29. The van der Waals surface area contributed by atoms with Crippen molar-refractivity contribution in [2.75, 3.05) is 0 Å². The van der Waals surface area contributed by atoms with Crippen molar-refractivity contribution < 1.29 is 9.59 Å². The Morgan fingerprint density at radius 2 is 1.23 bits per heavy atom. The third-order valence-corrected chi connectivity index (χ3v) is 3.84. The van der Waals surface area contributed by atoms with Gasteiger partial charge in [-0.2, -0.15) is 9.98 Å². The first-order valence-electron chi connectivity index (χ1n) is 6.61. The van der Waals surface area contributed by atoms with Crippen LogP contribution in [-0.2, 0) is 9.59 Å². The Labute approximate surface area is 128 Å². The molecule has 22 heavy (non-hydrogen) atoms. The Kier molecular flexibility index (Phi) is 4.04. The van der Waals surface area contributed by atoms with E-state index in [1.165, 1.54) is 12.2 Å². The number of nitrogens with zero attached hydrogens (tertiary/aromatic N) is 2. The Morgan fingerprint density at radius 3 is 1.50 bits per heavy atom. The lowest BCUT2D eigenvalue weighted by molar-refractivity contribution is 0.548. The minimum Gasteiger partial charge on any atom is -0.300 e. The van der Waals surface area contributed by atoms with Crippen molar-refractivity contribution >= 4 is 12.2 Å². The van der Waals surface area contributed by atoms with Crippen LogP contribution in [0.4, 0.5) is 0 Å². The summed E-state index contributed by atoms with van der Waals surface area (Å²) in [5.41, 5.74) is 12.9. The summed E-state index contributed by atoms with van der Waals surface area (Å²) in [7, 11) is 0. The Balaban J connectivity index is 2.45. The summed E-state index contributed by atoms with van der Waals surface area (Å²) in [5.74, 6) is 0. The van der Waals surface area contributed by atoms with Crippen LogP contribution >= 0.6 is 0 Å². The number of nitrogens with two attached hydrogens (primary N) is 2. The molecule has 0 aromatic heterocycles. The van der Waals surface area contributed by atoms with E-state index in [1.54, 1.807) is 38.2 Å². The molecule has 0 aliphatic heterocycles. The normalized spacial score (nSPS) is 33.5. The molecular formula is C16H16N4O2. The van der Waals surface area contributed by atoms with Crippen LogP contribution in [0.3, 0.4) is 0 Å². The van der Waals surface area contributed by atoms with Crippen molar-refractivity contribution in [1.29, 1.82) is 0 Å². The van der Waals surface area contributed by atoms with E-state index in [-0.39, 0.29) is 0 Å². The molecule has 0 saturated heterocycles. The molecule has 0 saturated carbocycles. The summed E-state index contributed by atoms with van der Waals surface area (Å²) in [6.07, 6.45) is 13.5. The zero-order chi connectivity index (χ0) is 16.4. The smallest absolute Gasteiger partial charge is 0.237 e. The predicted molar refractivity (Wildman–Crippen MR) is 82.9 cm³/mol. The van der Waals surface area contributed by atoms with Gasteiger partial charge in [0, 0.05) is 0 Å². The Bertz CT molecular complexity index is 695. The molecule has 2 unspecified atom stereocenters. The van der Waals surface area contributed by atoms with E-state index < -0.39 is 11.3 Å². The minimum absolute atomic E-state index is 0.718. The first kappa shape index (κ1) is 15.8. The Morgan fingerprint density at radius 1 is 0.864 bits per heavy atom. The first-order valence-corrected chi connectivity index (χ1v) is 6.61. The molecule has 2 aliphatic carbocycles. The minimum atomic E-state index is -1.15. The molecule has 6 heteroatoms. The van der Waals surface area contributed by atoms with Gasteiger partial charge in [0.2, 0.25) is 12.2 Å². The molecule has 0 amide bonds. The van der Waals surface area contributed by atoms with Gasteiger partial charge >= 0.3 is 0 Å². The zero-order valence-electron chi connectivity index (χ0n) is 12.3. The average Bonchev–Trinajstić information content (AvgIpc) is 2.46. The van der Waals surface area contributed by atoms with Gasteiger partial charge in [-0.25, -0.2) is 9.59 Å². The highest BCUT2D eigenvalue weighted by atomic mass is 16.1. The molecule has 2 rings (SSSR count). The fourth-order valence-electron chi connectivity index (χ4n) is 2.25. The molecule has 2 aliphatic rings. The molecule has 112 valence electrons. The van der Waals surface area contributed by atoms with E-state index in [9.17, 15) is 9.59 Å². The molecule has 0 spiro atoms. The third-order valence-electron chi connectivity index (χ3n) is 3.84. The highest BCUT2D eigenvalue weighted by Gasteiger charge is 2.28. The van der Waals surface area contributed by atoms with Crippen molar-refractivity contribution in [2.45, 2.75) is 25.2 Å². The van der Waals surface area contributed by atoms with Crippen molar-refractivity contribution in [3.05, 3.63) is 58.7 Å². The van der Waals surface area contributed by atoms with Gasteiger partial charge in [-0.3, -0.25) is 11.5 Å². The van der Waals surface area contributed by atoms with E-state index in [0.29, 0.717) is 0 Å². The van der Waals surface area contributed by atoms with Crippen molar-refractivity contribution in [2.24, 2.45) is 21.5 Å². The highest BCUT2D eigenvalue weighted by Crippen LogP contribution is 2.31. The summed E-state index contributed by atoms with van der Waals surface area (Å²) in [4.78, 5) is 28.2. The van der Waals surface area contributed by atoms with E-state index >= 15 is 0 Å². The van der Waals surface area contributed by atoms with Crippen molar-refractivity contribution in [3.8, 4) is 0 Å². The number of aliphatic imine (C=N–C) groups is 2. The van der Waals surface area contributed by atoms with Gasteiger partial charge in [-0.1, -0.05) is 24.3 Å². The zero-order valence-corrected chi connectivity index (χ0v) is 12.3. The van der Waals surface area contributed by atoms with Crippen molar-refractivity contribution in [3.63, 3.8) is 0 Å². The van der Waals surface area contributed by atoms with Crippen LogP contribution in [0, 0.1) is 0 Å². The molecule has 2 atom stereocenters. The van der Waals surface area contributed by atoms with E-state index in [2.05, 4.69) is 9.98 Å². The molecule has 0 fully saturated rings. The Hall–Kier alpha value is -2.62. The molecule has 0 radical (unpaired) electrons.